The number of nitrogens with zero attached hydrogens (tertiary/aromatic N) is 4. The van der Waals surface area contributed by atoms with Gasteiger partial charge in [0.1, 0.15) is 6.33 Å². The first-order valence-electron chi connectivity index (χ1n) is 8.45. The Hall–Kier alpha value is -1.82. The Morgan fingerprint density at radius 1 is 1.25 bits per heavy atom. The molecule has 130 valence electrons. The van der Waals surface area contributed by atoms with E-state index in [1.54, 1.807) is 6.33 Å². The van der Waals surface area contributed by atoms with E-state index in [2.05, 4.69) is 49.2 Å². The van der Waals surface area contributed by atoms with E-state index in [0.29, 0.717) is 5.75 Å². The summed E-state index contributed by atoms with van der Waals surface area (Å²) in [5.41, 5.74) is 3.51. The van der Waals surface area contributed by atoms with Gasteiger partial charge in [0.15, 0.2) is 5.16 Å². The average molecular weight is 347 g/mol. The Morgan fingerprint density at radius 2 is 2.04 bits per heavy atom. The molecule has 1 aromatic carbocycles. The molecular weight excluding hydrogens is 320 g/mol. The van der Waals surface area contributed by atoms with Crippen LogP contribution < -0.4 is 0 Å². The second-order valence-electron chi connectivity index (χ2n) is 5.87. The first-order chi connectivity index (χ1) is 11.6. The second kappa shape index (κ2) is 8.87. The van der Waals surface area contributed by atoms with Gasteiger partial charge in [-0.05, 0) is 50.5 Å². The summed E-state index contributed by atoms with van der Waals surface area (Å²) < 4.78 is 1.94. The van der Waals surface area contributed by atoms with E-state index in [0.717, 1.165) is 36.8 Å². The fourth-order valence-electron chi connectivity index (χ4n) is 2.40. The number of carbonyl (C=O) groups is 1. The molecule has 0 unspecified atom stereocenters. The number of aromatic nitrogens is 3. The highest BCUT2D eigenvalue weighted by Crippen LogP contribution is 2.21. The van der Waals surface area contributed by atoms with E-state index in [-0.39, 0.29) is 5.91 Å². The maximum atomic E-state index is 12.4. The van der Waals surface area contributed by atoms with Gasteiger partial charge in [0, 0.05) is 18.8 Å². The zero-order chi connectivity index (χ0) is 17.5. The highest BCUT2D eigenvalue weighted by Gasteiger charge is 2.14. The van der Waals surface area contributed by atoms with Gasteiger partial charge in [0.25, 0.3) is 0 Å². The molecule has 0 saturated carbocycles. The molecule has 0 N–H and O–H groups in total. The number of hydrogen-bond acceptors (Lipinski definition) is 4. The Balaban J connectivity index is 2.05. The highest BCUT2D eigenvalue weighted by molar-refractivity contribution is 7.99. The van der Waals surface area contributed by atoms with Gasteiger partial charge in [0.05, 0.1) is 5.75 Å². The van der Waals surface area contributed by atoms with Crippen LogP contribution in [0.25, 0.3) is 5.69 Å². The number of rotatable bonds is 8. The molecule has 0 radical (unpaired) electrons. The van der Waals surface area contributed by atoms with Crippen LogP contribution in [0.3, 0.4) is 0 Å². The minimum absolute atomic E-state index is 0.158. The third-order valence-corrected chi connectivity index (χ3v) is 5.05. The molecule has 2 aromatic rings. The smallest absolute Gasteiger partial charge is 0.233 e. The molecule has 5 nitrogen and oxygen atoms in total. The largest absolute Gasteiger partial charge is 0.342 e. The van der Waals surface area contributed by atoms with Crippen molar-refractivity contribution in [2.45, 2.75) is 45.7 Å². The van der Waals surface area contributed by atoms with Gasteiger partial charge in [-0.2, -0.15) is 0 Å². The summed E-state index contributed by atoms with van der Waals surface area (Å²) in [6.07, 6.45) is 3.84. The van der Waals surface area contributed by atoms with Crippen molar-refractivity contribution < 1.29 is 4.79 Å². The van der Waals surface area contributed by atoms with Crippen molar-refractivity contribution in [3.05, 3.63) is 35.7 Å². The third-order valence-electron chi connectivity index (χ3n) is 4.13. The Morgan fingerprint density at radius 3 is 2.71 bits per heavy atom. The molecule has 0 atom stereocenters. The van der Waals surface area contributed by atoms with Crippen LogP contribution in [0.15, 0.2) is 29.7 Å². The van der Waals surface area contributed by atoms with Crippen LogP contribution in [-0.4, -0.2) is 44.4 Å². The maximum absolute atomic E-state index is 12.4. The van der Waals surface area contributed by atoms with Gasteiger partial charge < -0.3 is 4.90 Å². The molecular formula is C18H26N4OS. The number of hydrogen-bond donors (Lipinski definition) is 0. The monoisotopic (exact) mass is 346 g/mol. The van der Waals surface area contributed by atoms with Gasteiger partial charge in [0.2, 0.25) is 5.91 Å². The molecule has 24 heavy (non-hydrogen) atoms. The van der Waals surface area contributed by atoms with Crippen LogP contribution in [0.4, 0.5) is 0 Å². The zero-order valence-corrected chi connectivity index (χ0v) is 15.8. The predicted octanol–water partition coefficient (Wildman–Crippen LogP) is 3.62. The van der Waals surface area contributed by atoms with Crippen molar-refractivity contribution in [1.29, 1.82) is 0 Å². The summed E-state index contributed by atoms with van der Waals surface area (Å²) in [6.45, 7) is 9.93. The minimum atomic E-state index is 0.158. The lowest BCUT2D eigenvalue weighted by molar-refractivity contribution is -0.128. The quantitative estimate of drug-likeness (QED) is 0.685. The Bertz CT molecular complexity index is 683. The van der Waals surface area contributed by atoms with Gasteiger partial charge in [-0.3, -0.25) is 9.36 Å². The zero-order valence-electron chi connectivity index (χ0n) is 15.0. The first kappa shape index (κ1) is 18.5. The summed E-state index contributed by atoms with van der Waals surface area (Å²) in [7, 11) is 0. The van der Waals surface area contributed by atoms with E-state index < -0.39 is 0 Å². The summed E-state index contributed by atoms with van der Waals surface area (Å²) in [6, 6.07) is 6.26. The van der Waals surface area contributed by atoms with E-state index in [1.807, 2.05) is 16.4 Å². The Kier molecular flexibility index (Phi) is 6.85. The Labute approximate surface area is 148 Å². The number of carbonyl (C=O) groups excluding carboxylic acids is 1. The molecule has 0 bridgehead atoms. The molecule has 0 spiro atoms. The van der Waals surface area contributed by atoms with Crippen molar-refractivity contribution in [2.24, 2.45) is 0 Å². The standard InChI is InChI=1S/C18H26N4OS/c1-5-7-10-21(6-2)17(23)12-24-18-20-19-13-22(18)16-9-8-14(3)15(4)11-16/h8-9,11,13H,5-7,10,12H2,1-4H3. The fraction of sp³-hybridized carbons (Fsp3) is 0.500. The lowest BCUT2D eigenvalue weighted by atomic mass is 10.1. The van der Waals surface area contributed by atoms with Gasteiger partial charge in [-0.1, -0.05) is 31.2 Å². The minimum Gasteiger partial charge on any atom is -0.342 e. The topological polar surface area (TPSA) is 51.0 Å². The first-order valence-corrected chi connectivity index (χ1v) is 9.43. The van der Waals surface area contributed by atoms with Crippen molar-refractivity contribution >= 4 is 17.7 Å². The molecule has 6 heteroatoms. The number of amides is 1. The summed E-state index contributed by atoms with van der Waals surface area (Å²) >= 11 is 1.44. The summed E-state index contributed by atoms with van der Waals surface area (Å²) in [4.78, 5) is 14.3. The number of aryl methyl sites for hydroxylation is 2. The van der Waals surface area contributed by atoms with Crippen molar-refractivity contribution in [2.75, 3.05) is 18.8 Å². The normalized spacial score (nSPS) is 10.8. The maximum Gasteiger partial charge on any atom is 0.233 e. The van der Waals surface area contributed by atoms with Crippen LogP contribution in [0.1, 0.15) is 37.8 Å². The van der Waals surface area contributed by atoms with Crippen LogP contribution in [0, 0.1) is 13.8 Å². The molecule has 0 aliphatic rings. The van der Waals surface area contributed by atoms with Gasteiger partial charge in [-0.15, -0.1) is 10.2 Å². The van der Waals surface area contributed by atoms with Crippen molar-refractivity contribution in [3.63, 3.8) is 0 Å². The number of unbranched alkanes of at least 4 members (excludes halogenated alkanes) is 1. The SMILES string of the molecule is CCCCN(CC)C(=O)CSc1nncn1-c1ccc(C)c(C)c1. The van der Waals surface area contributed by atoms with E-state index in [4.69, 9.17) is 0 Å². The van der Waals surface area contributed by atoms with Crippen molar-refractivity contribution in [1.82, 2.24) is 19.7 Å². The van der Waals surface area contributed by atoms with Crippen LogP contribution >= 0.6 is 11.8 Å². The number of benzene rings is 1. The van der Waals surface area contributed by atoms with Crippen LogP contribution in [0.5, 0.6) is 0 Å². The molecule has 1 aromatic heterocycles. The summed E-state index contributed by atoms with van der Waals surface area (Å²) in [5, 5.41) is 8.93. The van der Waals surface area contributed by atoms with Gasteiger partial charge in [-0.25, -0.2) is 0 Å². The van der Waals surface area contributed by atoms with E-state index in [1.165, 1.54) is 22.9 Å². The van der Waals surface area contributed by atoms with E-state index >= 15 is 0 Å². The fourth-order valence-corrected chi connectivity index (χ4v) is 3.23. The number of thioether (sulfide) groups is 1. The van der Waals surface area contributed by atoms with Crippen LogP contribution in [0.2, 0.25) is 0 Å². The van der Waals surface area contributed by atoms with Crippen molar-refractivity contribution in [3.8, 4) is 5.69 Å². The molecule has 0 fully saturated rings. The lowest BCUT2D eigenvalue weighted by Crippen LogP contribution is -2.33. The lowest BCUT2D eigenvalue weighted by Gasteiger charge is -2.20. The highest BCUT2D eigenvalue weighted by atomic mass is 32.2. The molecule has 1 amide bonds. The third kappa shape index (κ3) is 4.60. The average Bonchev–Trinajstić information content (AvgIpc) is 3.04. The van der Waals surface area contributed by atoms with E-state index in [9.17, 15) is 4.79 Å². The molecule has 0 aliphatic heterocycles. The molecule has 0 saturated heterocycles. The molecule has 1 heterocycles. The second-order valence-corrected chi connectivity index (χ2v) is 6.81. The van der Waals surface area contributed by atoms with Crippen LogP contribution in [-0.2, 0) is 4.79 Å². The molecule has 0 aliphatic carbocycles. The predicted molar refractivity (Wildman–Crippen MR) is 98.7 cm³/mol. The van der Waals surface area contributed by atoms with Gasteiger partial charge >= 0.3 is 0 Å². The molecule has 2 rings (SSSR count). The summed E-state index contributed by atoms with van der Waals surface area (Å²) in [5.74, 6) is 0.548.